The molecule has 2 saturated heterocycles. The van der Waals surface area contributed by atoms with Gasteiger partial charge in [-0.15, -0.1) is 0 Å². The second-order valence-electron chi connectivity index (χ2n) is 6.03. The van der Waals surface area contributed by atoms with Gasteiger partial charge in [0.1, 0.15) is 9.84 Å². The molecule has 20 heavy (non-hydrogen) atoms. The Hall–Kier alpha value is -0.620. The Morgan fingerprint density at radius 3 is 2.45 bits per heavy atom. The zero-order chi connectivity index (χ0) is 14.8. The van der Waals surface area contributed by atoms with Crippen molar-refractivity contribution in [3.63, 3.8) is 0 Å². The topological polar surface area (TPSA) is 57.7 Å². The number of carbonyl (C=O) groups excluding carboxylic acids is 1. The fourth-order valence-corrected chi connectivity index (χ4v) is 4.12. The van der Waals surface area contributed by atoms with Gasteiger partial charge in [0, 0.05) is 37.8 Å². The van der Waals surface area contributed by atoms with Crippen molar-refractivity contribution in [2.45, 2.75) is 51.1 Å². The molecule has 2 atom stereocenters. The fraction of sp³-hybridized carbons (Fsp3) is 0.929. The first-order valence-electron chi connectivity index (χ1n) is 7.63. The quantitative estimate of drug-likeness (QED) is 0.757. The van der Waals surface area contributed by atoms with Gasteiger partial charge in [-0.1, -0.05) is 6.92 Å². The van der Waals surface area contributed by atoms with Crippen LogP contribution in [0.15, 0.2) is 0 Å². The van der Waals surface area contributed by atoms with Crippen LogP contribution in [-0.2, 0) is 14.6 Å². The SMILES string of the molecule is CCC(=O)N1CCCC1C1CCCN1CCS(C)(=O)=O. The third kappa shape index (κ3) is 3.73. The van der Waals surface area contributed by atoms with Gasteiger partial charge in [0.25, 0.3) is 0 Å². The van der Waals surface area contributed by atoms with Gasteiger partial charge in [0.15, 0.2) is 0 Å². The summed E-state index contributed by atoms with van der Waals surface area (Å²) in [7, 11) is -2.92. The summed E-state index contributed by atoms with van der Waals surface area (Å²) in [5.74, 6) is 0.459. The lowest BCUT2D eigenvalue weighted by molar-refractivity contribution is -0.132. The van der Waals surface area contributed by atoms with E-state index in [-0.39, 0.29) is 11.7 Å². The monoisotopic (exact) mass is 302 g/mol. The molecule has 2 aliphatic rings. The Kier molecular flexibility index (Phi) is 5.07. The van der Waals surface area contributed by atoms with Gasteiger partial charge < -0.3 is 4.90 Å². The number of hydrogen-bond donors (Lipinski definition) is 0. The first-order valence-corrected chi connectivity index (χ1v) is 9.69. The van der Waals surface area contributed by atoms with Gasteiger partial charge in [-0.2, -0.15) is 0 Å². The van der Waals surface area contributed by atoms with E-state index in [1.165, 1.54) is 6.26 Å². The molecule has 0 aromatic carbocycles. The maximum absolute atomic E-state index is 12.0. The van der Waals surface area contributed by atoms with E-state index in [0.29, 0.717) is 25.0 Å². The number of likely N-dealkylation sites (tertiary alicyclic amines) is 2. The molecule has 0 radical (unpaired) electrons. The van der Waals surface area contributed by atoms with Crippen molar-refractivity contribution in [1.82, 2.24) is 9.80 Å². The lowest BCUT2D eigenvalue weighted by Gasteiger charge is -2.35. The van der Waals surface area contributed by atoms with Gasteiger partial charge in [0.2, 0.25) is 5.91 Å². The minimum absolute atomic E-state index is 0.220. The highest BCUT2D eigenvalue weighted by atomic mass is 32.2. The first kappa shape index (κ1) is 15.8. The van der Waals surface area contributed by atoms with Crippen molar-refractivity contribution in [2.24, 2.45) is 0 Å². The van der Waals surface area contributed by atoms with Crippen LogP contribution in [0.1, 0.15) is 39.0 Å². The molecule has 2 rings (SSSR count). The second-order valence-corrected chi connectivity index (χ2v) is 8.29. The molecule has 0 bridgehead atoms. The number of hydrogen-bond acceptors (Lipinski definition) is 4. The molecule has 0 aliphatic carbocycles. The number of carbonyl (C=O) groups is 1. The van der Waals surface area contributed by atoms with Crippen LogP contribution >= 0.6 is 0 Å². The van der Waals surface area contributed by atoms with Crippen LogP contribution in [0.25, 0.3) is 0 Å². The number of amides is 1. The molecule has 0 saturated carbocycles. The van der Waals surface area contributed by atoms with Crippen LogP contribution in [0, 0.1) is 0 Å². The molecular weight excluding hydrogens is 276 g/mol. The predicted molar refractivity (Wildman–Crippen MR) is 79.3 cm³/mol. The summed E-state index contributed by atoms with van der Waals surface area (Å²) in [5.41, 5.74) is 0. The number of nitrogens with zero attached hydrogens (tertiary/aromatic N) is 2. The second kappa shape index (κ2) is 6.43. The van der Waals surface area contributed by atoms with Crippen molar-refractivity contribution in [1.29, 1.82) is 0 Å². The van der Waals surface area contributed by atoms with Crippen LogP contribution in [0.4, 0.5) is 0 Å². The molecular formula is C14H26N2O3S. The highest BCUT2D eigenvalue weighted by molar-refractivity contribution is 7.90. The Morgan fingerprint density at radius 1 is 1.15 bits per heavy atom. The summed E-state index contributed by atoms with van der Waals surface area (Å²) in [6.45, 7) is 4.35. The standard InChI is InChI=1S/C14H26N2O3S/c1-3-14(17)16-9-5-7-13(16)12-6-4-8-15(12)10-11-20(2,18)19/h12-13H,3-11H2,1-2H3. The summed E-state index contributed by atoms with van der Waals surface area (Å²) in [4.78, 5) is 16.3. The lowest BCUT2D eigenvalue weighted by Crippen LogP contribution is -2.49. The third-order valence-electron chi connectivity index (χ3n) is 4.53. The van der Waals surface area contributed by atoms with Gasteiger partial charge in [-0.25, -0.2) is 8.42 Å². The minimum atomic E-state index is -2.92. The third-order valence-corrected chi connectivity index (χ3v) is 5.45. The van der Waals surface area contributed by atoms with E-state index in [4.69, 9.17) is 0 Å². The van der Waals surface area contributed by atoms with Crippen molar-refractivity contribution < 1.29 is 13.2 Å². The zero-order valence-corrected chi connectivity index (χ0v) is 13.4. The predicted octanol–water partition coefficient (Wildman–Crippen LogP) is 0.896. The summed E-state index contributed by atoms with van der Waals surface area (Å²) < 4.78 is 22.7. The number of sulfone groups is 1. The maximum atomic E-state index is 12.0. The first-order chi connectivity index (χ1) is 9.42. The summed E-state index contributed by atoms with van der Waals surface area (Å²) in [6.07, 6.45) is 6.19. The van der Waals surface area contributed by atoms with Crippen molar-refractivity contribution in [3.8, 4) is 0 Å². The molecule has 0 N–H and O–H groups in total. The molecule has 0 spiro atoms. The van der Waals surface area contributed by atoms with Gasteiger partial charge in [-0.3, -0.25) is 9.69 Å². The Bertz CT molecular complexity index is 449. The molecule has 2 unspecified atom stereocenters. The largest absolute Gasteiger partial charge is 0.338 e. The smallest absolute Gasteiger partial charge is 0.222 e. The molecule has 2 fully saturated rings. The van der Waals surface area contributed by atoms with Crippen LogP contribution in [0.5, 0.6) is 0 Å². The highest BCUT2D eigenvalue weighted by Gasteiger charge is 2.39. The average molecular weight is 302 g/mol. The van der Waals surface area contributed by atoms with E-state index in [2.05, 4.69) is 4.90 Å². The van der Waals surface area contributed by atoms with Gasteiger partial charge in [0.05, 0.1) is 5.75 Å². The zero-order valence-electron chi connectivity index (χ0n) is 12.5. The molecule has 6 heteroatoms. The van der Waals surface area contributed by atoms with Crippen LogP contribution in [0.2, 0.25) is 0 Å². The number of rotatable bonds is 5. The van der Waals surface area contributed by atoms with E-state index in [1.54, 1.807) is 0 Å². The van der Waals surface area contributed by atoms with E-state index < -0.39 is 9.84 Å². The lowest BCUT2D eigenvalue weighted by atomic mass is 10.0. The Balaban J connectivity index is 2.00. The maximum Gasteiger partial charge on any atom is 0.222 e. The van der Waals surface area contributed by atoms with E-state index in [1.807, 2.05) is 11.8 Å². The summed E-state index contributed by atoms with van der Waals surface area (Å²) in [5, 5.41) is 0. The molecule has 5 nitrogen and oxygen atoms in total. The van der Waals surface area contributed by atoms with E-state index in [0.717, 1.165) is 38.8 Å². The van der Waals surface area contributed by atoms with E-state index >= 15 is 0 Å². The normalized spacial score (nSPS) is 28.2. The molecule has 116 valence electrons. The van der Waals surface area contributed by atoms with Crippen LogP contribution < -0.4 is 0 Å². The van der Waals surface area contributed by atoms with E-state index in [9.17, 15) is 13.2 Å². The molecule has 0 aromatic rings. The molecule has 2 heterocycles. The van der Waals surface area contributed by atoms with Crippen LogP contribution in [0.3, 0.4) is 0 Å². The van der Waals surface area contributed by atoms with Gasteiger partial charge in [-0.05, 0) is 32.2 Å². The minimum Gasteiger partial charge on any atom is -0.338 e. The van der Waals surface area contributed by atoms with Crippen molar-refractivity contribution in [2.75, 3.05) is 31.6 Å². The molecule has 2 aliphatic heterocycles. The van der Waals surface area contributed by atoms with Crippen molar-refractivity contribution in [3.05, 3.63) is 0 Å². The fourth-order valence-electron chi connectivity index (χ4n) is 3.55. The molecule has 0 aromatic heterocycles. The van der Waals surface area contributed by atoms with Crippen LogP contribution in [-0.4, -0.2) is 67.9 Å². The Labute approximate surface area is 122 Å². The van der Waals surface area contributed by atoms with Crippen molar-refractivity contribution >= 4 is 15.7 Å². The summed E-state index contributed by atoms with van der Waals surface area (Å²) >= 11 is 0. The summed E-state index contributed by atoms with van der Waals surface area (Å²) in [6, 6.07) is 0.652. The molecule has 1 amide bonds. The Morgan fingerprint density at radius 2 is 1.80 bits per heavy atom. The highest BCUT2D eigenvalue weighted by Crippen LogP contribution is 2.30. The van der Waals surface area contributed by atoms with Gasteiger partial charge >= 0.3 is 0 Å². The average Bonchev–Trinajstić information content (AvgIpc) is 3.02.